The third-order valence-electron chi connectivity index (χ3n) is 4.70. The summed E-state index contributed by atoms with van der Waals surface area (Å²) >= 11 is 0. The van der Waals surface area contributed by atoms with Crippen molar-refractivity contribution in [1.82, 2.24) is 4.31 Å². The van der Waals surface area contributed by atoms with Gasteiger partial charge in [-0.3, -0.25) is 4.79 Å². The zero-order valence-corrected chi connectivity index (χ0v) is 15.8. The minimum absolute atomic E-state index is 0.0257. The van der Waals surface area contributed by atoms with Gasteiger partial charge in [-0.05, 0) is 25.8 Å². The van der Waals surface area contributed by atoms with Crippen LogP contribution in [0.15, 0.2) is 29.2 Å². The van der Waals surface area contributed by atoms with E-state index in [9.17, 15) is 23.7 Å². The largest absolute Gasteiger partial charge is 0.465 e. The van der Waals surface area contributed by atoms with Crippen LogP contribution in [0.1, 0.15) is 39.2 Å². The highest BCUT2D eigenvalue weighted by Gasteiger charge is 2.63. The van der Waals surface area contributed by atoms with Gasteiger partial charge in [-0.2, -0.15) is 14.8 Å². The minimum Gasteiger partial charge on any atom is -0.465 e. The van der Waals surface area contributed by atoms with Gasteiger partial charge in [0.05, 0.1) is 23.6 Å². The smallest absolute Gasteiger partial charge is 0.326 e. The molecule has 138 valence electrons. The van der Waals surface area contributed by atoms with Gasteiger partial charge in [-0.1, -0.05) is 32.0 Å². The van der Waals surface area contributed by atoms with Crippen molar-refractivity contribution in [3.8, 4) is 12.1 Å². The van der Waals surface area contributed by atoms with Gasteiger partial charge >= 0.3 is 5.97 Å². The van der Waals surface area contributed by atoms with Crippen molar-refractivity contribution in [1.29, 1.82) is 10.5 Å². The number of ether oxygens (including phenoxy) is 1. The van der Waals surface area contributed by atoms with Crippen LogP contribution in [0.3, 0.4) is 0 Å². The Morgan fingerprint density at radius 3 is 2.35 bits per heavy atom. The van der Waals surface area contributed by atoms with E-state index in [4.69, 9.17) is 4.74 Å². The van der Waals surface area contributed by atoms with Gasteiger partial charge < -0.3 is 4.74 Å². The number of benzene rings is 1. The van der Waals surface area contributed by atoms with Crippen molar-refractivity contribution >= 4 is 16.0 Å². The Morgan fingerprint density at radius 2 is 1.85 bits per heavy atom. The van der Waals surface area contributed by atoms with E-state index in [1.54, 1.807) is 32.9 Å². The van der Waals surface area contributed by atoms with E-state index in [1.165, 1.54) is 12.1 Å². The summed E-state index contributed by atoms with van der Waals surface area (Å²) in [5.41, 5.74) is -1.80. The Labute approximate surface area is 153 Å². The Bertz CT molecular complexity index is 880. The Kier molecular flexibility index (Phi) is 5.70. The zero-order valence-electron chi connectivity index (χ0n) is 15.0. The maximum atomic E-state index is 13.2. The van der Waals surface area contributed by atoms with Crippen LogP contribution in [0.2, 0.25) is 0 Å². The van der Waals surface area contributed by atoms with Crippen molar-refractivity contribution in [2.45, 2.75) is 50.1 Å². The summed E-state index contributed by atoms with van der Waals surface area (Å²) in [4.78, 5) is 12.4. The van der Waals surface area contributed by atoms with Crippen molar-refractivity contribution < 1.29 is 17.9 Å². The molecule has 26 heavy (non-hydrogen) atoms. The predicted octanol–water partition coefficient (Wildman–Crippen LogP) is 2.30. The fourth-order valence-electron chi connectivity index (χ4n) is 3.52. The maximum Gasteiger partial charge on any atom is 0.326 e. The summed E-state index contributed by atoms with van der Waals surface area (Å²) in [7, 11) is -4.04. The summed E-state index contributed by atoms with van der Waals surface area (Å²) in [6.45, 7) is 5.22. The number of carbonyl (C=O) groups excluding carboxylic acids is 1. The Balaban J connectivity index is 2.88. The summed E-state index contributed by atoms with van der Waals surface area (Å²) < 4.78 is 32.5. The molecular weight excluding hydrogens is 354 g/mol. The van der Waals surface area contributed by atoms with Gasteiger partial charge in [0, 0.05) is 11.6 Å². The quantitative estimate of drug-likeness (QED) is 0.705. The van der Waals surface area contributed by atoms with Gasteiger partial charge in [0.25, 0.3) is 0 Å². The van der Waals surface area contributed by atoms with E-state index in [0.29, 0.717) is 12.8 Å². The van der Waals surface area contributed by atoms with Crippen LogP contribution in [0.25, 0.3) is 0 Å². The molecular formula is C18H21N3O4S. The van der Waals surface area contributed by atoms with Gasteiger partial charge in [-0.25, -0.2) is 8.42 Å². The molecule has 0 amide bonds. The summed E-state index contributed by atoms with van der Waals surface area (Å²) in [5, 5.41) is 19.8. The SMILES string of the molecule is CCOC(=O)C(C#N)C1(C#N)c2ccccc2S(=O)(=O)N1C(CC)CC. The average Bonchev–Trinajstić information content (AvgIpc) is 2.83. The molecule has 8 heteroatoms. The van der Waals surface area contributed by atoms with Crippen LogP contribution in [0, 0.1) is 28.6 Å². The third-order valence-corrected chi connectivity index (χ3v) is 6.71. The molecule has 0 saturated heterocycles. The molecule has 7 nitrogen and oxygen atoms in total. The van der Waals surface area contributed by atoms with E-state index in [1.807, 2.05) is 12.1 Å². The lowest BCUT2D eigenvalue weighted by Gasteiger charge is -2.38. The third kappa shape index (κ3) is 2.66. The molecule has 0 aromatic heterocycles. The van der Waals surface area contributed by atoms with Crippen LogP contribution in [-0.4, -0.2) is 31.3 Å². The Morgan fingerprint density at radius 1 is 1.23 bits per heavy atom. The molecule has 0 spiro atoms. The Hall–Kier alpha value is -2.42. The van der Waals surface area contributed by atoms with Crippen LogP contribution < -0.4 is 0 Å². The molecule has 0 N–H and O–H groups in total. The number of hydrogen-bond donors (Lipinski definition) is 0. The van der Waals surface area contributed by atoms with E-state index in [0.717, 1.165) is 4.31 Å². The lowest BCUT2D eigenvalue weighted by Crippen LogP contribution is -2.54. The second kappa shape index (κ2) is 7.45. The predicted molar refractivity (Wildman–Crippen MR) is 92.9 cm³/mol. The van der Waals surface area contributed by atoms with Gasteiger partial charge in [0.2, 0.25) is 10.0 Å². The molecule has 0 aliphatic carbocycles. The molecule has 2 rings (SSSR count). The molecule has 0 fully saturated rings. The first-order chi connectivity index (χ1) is 12.4. The first-order valence-corrected chi connectivity index (χ1v) is 9.92. The van der Waals surface area contributed by atoms with Crippen molar-refractivity contribution in [2.75, 3.05) is 6.61 Å². The molecule has 1 aliphatic heterocycles. The molecule has 1 aliphatic rings. The lowest BCUT2D eigenvalue weighted by atomic mass is 9.78. The van der Waals surface area contributed by atoms with Crippen LogP contribution in [0.5, 0.6) is 0 Å². The molecule has 0 radical (unpaired) electrons. The fourth-order valence-corrected chi connectivity index (χ4v) is 5.80. The summed E-state index contributed by atoms with van der Waals surface area (Å²) in [6.07, 6.45) is 0.877. The number of fused-ring (bicyclic) bond motifs is 1. The zero-order chi connectivity index (χ0) is 19.5. The second-order valence-electron chi connectivity index (χ2n) is 5.96. The van der Waals surface area contributed by atoms with Gasteiger partial charge in [0.1, 0.15) is 0 Å². The monoisotopic (exact) mass is 375 g/mol. The van der Waals surface area contributed by atoms with Crippen LogP contribution in [0.4, 0.5) is 0 Å². The molecule has 0 bridgehead atoms. The standard InChI is InChI=1S/C18H21N3O4S/c1-4-13(5-2)21-18(12-20,15(11-19)17(22)25-6-3)14-9-7-8-10-16(14)26(21,23)24/h7-10,13,15H,4-6H2,1-3H3. The van der Waals surface area contributed by atoms with E-state index in [2.05, 4.69) is 0 Å². The average molecular weight is 375 g/mol. The molecule has 2 unspecified atom stereocenters. The van der Waals surface area contributed by atoms with E-state index in [-0.39, 0.29) is 17.1 Å². The van der Waals surface area contributed by atoms with Crippen molar-refractivity contribution in [3.05, 3.63) is 29.8 Å². The normalized spacial score (nSPS) is 22.2. The molecule has 1 aromatic carbocycles. The van der Waals surface area contributed by atoms with Crippen molar-refractivity contribution in [2.24, 2.45) is 5.92 Å². The topological polar surface area (TPSA) is 111 Å². The number of nitriles is 2. The van der Waals surface area contributed by atoms with E-state index < -0.39 is 33.5 Å². The highest BCUT2D eigenvalue weighted by Crippen LogP contribution is 2.50. The first-order valence-electron chi connectivity index (χ1n) is 8.48. The number of rotatable bonds is 6. The van der Waals surface area contributed by atoms with Gasteiger partial charge in [0.15, 0.2) is 11.5 Å². The lowest BCUT2D eigenvalue weighted by molar-refractivity contribution is -0.149. The number of carbonyl (C=O) groups is 1. The highest BCUT2D eigenvalue weighted by atomic mass is 32.2. The van der Waals surface area contributed by atoms with Gasteiger partial charge in [-0.15, -0.1) is 0 Å². The summed E-state index contributed by atoms with van der Waals surface area (Å²) in [6, 6.07) is 9.34. The molecule has 0 saturated carbocycles. The highest BCUT2D eigenvalue weighted by molar-refractivity contribution is 7.89. The van der Waals surface area contributed by atoms with Crippen LogP contribution in [-0.2, 0) is 25.1 Å². The maximum absolute atomic E-state index is 13.2. The molecule has 1 aromatic rings. The fraction of sp³-hybridized carbons (Fsp3) is 0.500. The summed E-state index contributed by atoms with van der Waals surface area (Å²) in [5.74, 6) is -2.49. The number of esters is 1. The van der Waals surface area contributed by atoms with Crippen LogP contribution >= 0.6 is 0 Å². The first kappa shape index (κ1) is 19.9. The number of sulfonamides is 1. The number of nitrogens with zero attached hydrogens (tertiary/aromatic N) is 3. The molecule has 1 heterocycles. The van der Waals surface area contributed by atoms with Crippen molar-refractivity contribution in [3.63, 3.8) is 0 Å². The minimum atomic E-state index is -4.04. The molecule has 2 atom stereocenters. The second-order valence-corrected chi connectivity index (χ2v) is 7.74. The van der Waals surface area contributed by atoms with E-state index >= 15 is 0 Å². The number of hydrogen-bond acceptors (Lipinski definition) is 6.